The third-order valence-corrected chi connectivity index (χ3v) is 3.00. The smallest absolute Gasteiger partial charge is 0.338 e. The van der Waals surface area contributed by atoms with E-state index < -0.39 is 11.6 Å². The summed E-state index contributed by atoms with van der Waals surface area (Å²) in [5.41, 5.74) is 0.689. The topological polar surface area (TPSA) is 52.6 Å². The lowest BCUT2D eigenvalue weighted by Crippen LogP contribution is -2.33. The molecule has 1 rings (SSSR count). The lowest BCUT2D eigenvalue weighted by molar-refractivity contribution is -0.152. The van der Waals surface area contributed by atoms with Crippen LogP contribution in [0.15, 0.2) is 36.9 Å². The molecule has 0 saturated carbocycles. The molecule has 0 bridgehead atoms. The van der Waals surface area contributed by atoms with Gasteiger partial charge in [-0.3, -0.25) is 0 Å². The summed E-state index contributed by atoms with van der Waals surface area (Å²) in [5.74, 6) is -0.858. The van der Waals surface area contributed by atoms with Gasteiger partial charge in [0.2, 0.25) is 0 Å². The van der Waals surface area contributed by atoms with Crippen LogP contribution >= 0.6 is 0 Å². The molecule has 0 aliphatic rings. The maximum atomic E-state index is 12.1. The van der Waals surface area contributed by atoms with Crippen molar-refractivity contribution in [2.75, 3.05) is 0 Å². The summed E-state index contributed by atoms with van der Waals surface area (Å²) in [7, 11) is 0. The Morgan fingerprint density at radius 2 is 1.95 bits per heavy atom. The number of benzene rings is 1. The van der Waals surface area contributed by atoms with Crippen LogP contribution in [0.5, 0.6) is 0 Å². The summed E-state index contributed by atoms with van der Waals surface area (Å²) in [6.45, 7) is 10.5. The van der Waals surface area contributed by atoms with Crippen molar-refractivity contribution < 1.29 is 19.1 Å². The molecule has 0 aliphatic carbocycles. The molecule has 1 atom stereocenters. The maximum absolute atomic E-state index is 12.1. The third kappa shape index (κ3) is 5.42. The van der Waals surface area contributed by atoms with Crippen LogP contribution in [0.3, 0.4) is 0 Å². The van der Waals surface area contributed by atoms with E-state index in [1.165, 1.54) is 0 Å². The molecule has 0 spiro atoms. The summed E-state index contributed by atoms with van der Waals surface area (Å²) in [6.07, 6.45) is 1.15. The fraction of sp³-hybridized carbons (Fsp3) is 0.412. The number of hydrogen-bond acceptors (Lipinski definition) is 4. The van der Waals surface area contributed by atoms with Gasteiger partial charge in [-0.1, -0.05) is 24.8 Å². The molecule has 21 heavy (non-hydrogen) atoms. The zero-order valence-corrected chi connectivity index (χ0v) is 13.0. The molecule has 0 amide bonds. The zero-order chi connectivity index (χ0) is 16.0. The second kappa shape index (κ2) is 7.07. The van der Waals surface area contributed by atoms with Gasteiger partial charge in [0, 0.05) is 12.5 Å². The zero-order valence-electron chi connectivity index (χ0n) is 13.0. The van der Waals surface area contributed by atoms with Crippen molar-refractivity contribution in [3.8, 4) is 0 Å². The first kappa shape index (κ1) is 17.0. The first-order chi connectivity index (χ1) is 9.75. The van der Waals surface area contributed by atoms with Gasteiger partial charge in [-0.05, 0) is 39.3 Å². The Labute approximate surface area is 125 Å². The molecule has 0 N–H and O–H groups in total. The lowest BCUT2D eigenvalue weighted by Gasteiger charge is -2.27. The highest BCUT2D eigenvalue weighted by atomic mass is 16.6. The lowest BCUT2D eigenvalue weighted by atomic mass is 10.0. The highest BCUT2D eigenvalue weighted by Gasteiger charge is 2.27. The molecule has 4 nitrogen and oxygen atoms in total. The van der Waals surface area contributed by atoms with Crippen LogP contribution in [0, 0.1) is 6.92 Å². The molecule has 1 unspecified atom stereocenters. The summed E-state index contributed by atoms with van der Waals surface area (Å²) >= 11 is 0. The largest absolute Gasteiger partial charge is 0.459 e. The molecule has 0 saturated heterocycles. The second-order valence-electron chi connectivity index (χ2n) is 5.62. The monoisotopic (exact) mass is 290 g/mol. The first-order valence-electron chi connectivity index (χ1n) is 6.87. The number of aryl methyl sites for hydroxylation is 1. The maximum Gasteiger partial charge on any atom is 0.338 e. The van der Waals surface area contributed by atoms with Gasteiger partial charge in [-0.2, -0.15) is 0 Å². The Morgan fingerprint density at radius 1 is 1.33 bits per heavy atom. The molecule has 0 radical (unpaired) electrons. The number of carbonyl (C=O) groups is 2. The van der Waals surface area contributed by atoms with Crippen molar-refractivity contribution in [1.29, 1.82) is 0 Å². The highest BCUT2D eigenvalue weighted by molar-refractivity contribution is 5.91. The average Bonchev–Trinajstić information content (AvgIpc) is 2.37. The van der Waals surface area contributed by atoms with Gasteiger partial charge < -0.3 is 9.47 Å². The molecular weight excluding hydrogens is 268 g/mol. The highest BCUT2D eigenvalue weighted by Crippen LogP contribution is 2.20. The van der Waals surface area contributed by atoms with Crippen LogP contribution in [-0.2, 0) is 14.3 Å². The Morgan fingerprint density at radius 3 is 2.52 bits per heavy atom. The quantitative estimate of drug-likeness (QED) is 0.595. The summed E-state index contributed by atoms with van der Waals surface area (Å²) in [5, 5.41) is 0. The van der Waals surface area contributed by atoms with Crippen molar-refractivity contribution in [1.82, 2.24) is 0 Å². The standard InChI is InChI=1S/C17H22O4/c1-6-15(18)21-17(4,5)11-13(3)20-16(19)14-10-8-7-9-12(14)2/h6-10,13H,1,11H2,2-5H3. The fourth-order valence-electron chi connectivity index (χ4n) is 2.14. The van der Waals surface area contributed by atoms with Crippen LogP contribution in [0.4, 0.5) is 0 Å². The van der Waals surface area contributed by atoms with Crippen LogP contribution in [-0.4, -0.2) is 23.6 Å². The molecule has 4 heteroatoms. The van der Waals surface area contributed by atoms with E-state index in [9.17, 15) is 9.59 Å². The fourth-order valence-corrected chi connectivity index (χ4v) is 2.14. The van der Waals surface area contributed by atoms with Gasteiger partial charge in [0.05, 0.1) is 5.56 Å². The predicted octanol–water partition coefficient (Wildman–Crippen LogP) is 3.44. The van der Waals surface area contributed by atoms with E-state index in [0.717, 1.165) is 11.6 Å². The van der Waals surface area contributed by atoms with Crippen molar-refractivity contribution in [3.63, 3.8) is 0 Å². The average molecular weight is 290 g/mol. The van der Waals surface area contributed by atoms with Crippen molar-refractivity contribution in [2.45, 2.75) is 45.8 Å². The van der Waals surface area contributed by atoms with Gasteiger partial charge in [0.15, 0.2) is 0 Å². The molecule has 1 aromatic rings. The summed E-state index contributed by atoms with van der Waals surface area (Å²) < 4.78 is 10.6. The minimum absolute atomic E-state index is 0.369. The van der Waals surface area contributed by atoms with E-state index in [0.29, 0.717) is 12.0 Å². The predicted molar refractivity (Wildman–Crippen MR) is 81.0 cm³/mol. The Bertz CT molecular complexity index is 531. The van der Waals surface area contributed by atoms with Crippen molar-refractivity contribution in [3.05, 3.63) is 48.0 Å². The van der Waals surface area contributed by atoms with Gasteiger partial charge >= 0.3 is 11.9 Å². The van der Waals surface area contributed by atoms with E-state index in [1.54, 1.807) is 32.9 Å². The Balaban J connectivity index is 2.63. The number of esters is 2. The van der Waals surface area contributed by atoms with E-state index in [-0.39, 0.29) is 12.1 Å². The van der Waals surface area contributed by atoms with E-state index in [2.05, 4.69) is 6.58 Å². The van der Waals surface area contributed by atoms with Gasteiger partial charge in [-0.25, -0.2) is 9.59 Å². The normalized spacial score (nSPS) is 12.4. The minimum Gasteiger partial charge on any atom is -0.459 e. The van der Waals surface area contributed by atoms with Crippen LogP contribution < -0.4 is 0 Å². The van der Waals surface area contributed by atoms with Crippen LogP contribution in [0.1, 0.15) is 43.1 Å². The van der Waals surface area contributed by atoms with Crippen LogP contribution in [0.25, 0.3) is 0 Å². The van der Waals surface area contributed by atoms with E-state index >= 15 is 0 Å². The molecule has 1 aromatic carbocycles. The minimum atomic E-state index is -0.725. The second-order valence-corrected chi connectivity index (χ2v) is 5.62. The molecular formula is C17H22O4. The van der Waals surface area contributed by atoms with Crippen molar-refractivity contribution in [2.24, 2.45) is 0 Å². The van der Waals surface area contributed by atoms with Gasteiger partial charge in [-0.15, -0.1) is 0 Å². The number of hydrogen-bond donors (Lipinski definition) is 0. The summed E-state index contributed by atoms with van der Waals surface area (Å²) in [4.78, 5) is 23.3. The molecule has 0 fully saturated rings. The van der Waals surface area contributed by atoms with Gasteiger partial charge in [0.1, 0.15) is 11.7 Å². The summed E-state index contributed by atoms with van der Waals surface area (Å²) in [6, 6.07) is 7.25. The molecule has 0 aliphatic heterocycles. The molecule has 0 heterocycles. The third-order valence-electron chi connectivity index (χ3n) is 3.00. The molecule has 114 valence electrons. The number of rotatable bonds is 6. The first-order valence-corrected chi connectivity index (χ1v) is 6.87. The van der Waals surface area contributed by atoms with E-state index in [1.807, 2.05) is 19.1 Å². The number of ether oxygens (including phenoxy) is 2. The molecule has 0 aromatic heterocycles. The SMILES string of the molecule is C=CC(=O)OC(C)(C)CC(C)OC(=O)c1ccccc1C. The number of carbonyl (C=O) groups excluding carboxylic acids is 2. The van der Waals surface area contributed by atoms with Crippen molar-refractivity contribution >= 4 is 11.9 Å². The Kier molecular flexibility index (Phi) is 5.70. The van der Waals surface area contributed by atoms with E-state index in [4.69, 9.17) is 9.47 Å². The Hall–Kier alpha value is -2.10. The van der Waals surface area contributed by atoms with Gasteiger partial charge in [0.25, 0.3) is 0 Å². The van der Waals surface area contributed by atoms with Crippen LogP contribution in [0.2, 0.25) is 0 Å².